The number of aryl methyl sites for hydroxylation is 1. The van der Waals surface area contributed by atoms with Gasteiger partial charge < -0.3 is 9.47 Å². The van der Waals surface area contributed by atoms with E-state index < -0.39 is 0 Å². The Kier molecular flexibility index (Phi) is 5.14. The molecule has 0 aliphatic carbocycles. The van der Waals surface area contributed by atoms with Crippen LogP contribution in [0.25, 0.3) is 22.1 Å². The maximum absolute atomic E-state index is 12.9. The number of rotatable bonds is 6. The molecule has 0 aliphatic heterocycles. The number of para-hydroxylation sites is 2. The highest BCUT2D eigenvalue weighted by atomic mass is 32.1. The van der Waals surface area contributed by atoms with E-state index >= 15 is 0 Å². The van der Waals surface area contributed by atoms with E-state index in [9.17, 15) is 4.79 Å². The second-order valence-corrected chi connectivity index (χ2v) is 8.23. The van der Waals surface area contributed by atoms with Crippen molar-refractivity contribution in [3.05, 3.63) is 98.8 Å². The quantitative estimate of drug-likeness (QED) is 0.380. The van der Waals surface area contributed by atoms with Gasteiger partial charge in [-0.05, 0) is 60.5 Å². The number of fused-ring (bicyclic) bond motifs is 3. The number of imidazole rings is 1. The number of aromatic nitrogens is 2. The van der Waals surface area contributed by atoms with Gasteiger partial charge in [-0.2, -0.15) is 0 Å². The molecule has 0 atom stereocenters. The van der Waals surface area contributed by atoms with Crippen LogP contribution in [-0.4, -0.2) is 22.6 Å². The van der Waals surface area contributed by atoms with E-state index in [1.165, 1.54) is 11.3 Å². The monoisotopic (exact) mass is 428 g/mol. The highest BCUT2D eigenvalue weighted by Crippen LogP contribution is 2.17. The Morgan fingerprint density at radius 3 is 2.48 bits per heavy atom. The summed E-state index contributed by atoms with van der Waals surface area (Å²) in [4.78, 5) is 18.2. The topological polar surface area (TPSA) is 52.8 Å². The average molecular weight is 429 g/mol. The lowest BCUT2D eigenvalue weighted by atomic mass is 10.2. The number of hydrogen-bond donors (Lipinski definition) is 0. The lowest BCUT2D eigenvalue weighted by Gasteiger charge is -2.09. The van der Waals surface area contributed by atoms with E-state index in [4.69, 9.17) is 9.47 Å². The van der Waals surface area contributed by atoms with Gasteiger partial charge in [0.25, 0.3) is 5.56 Å². The second kappa shape index (κ2) is 8.24. The van der Waals surface area contributed by atoms with Gasteiger partial charge >= 0.3 is 0 Å². The molecular weight excluding hydrogens is 408 g/mol. The minimum atomic E-state index is -0.0495. The van der Waals surface area contributed by atoms with Crippen molar-refractivity contribution in [2.24, 2.45) is 0 Å². The molecule has 0 spiro atoms. The van der Waals surface area contributed by atoms with Gasteiger partial charge in [-0.15, -0.1) is 0 Å². The largest absolute Gasteiger partial charge is 0.490 e. The first-order chi connectivity index (χ1) is 15.2. The van der Waals surface area contributed by atoms with E-state index in [0.29, 0.717) is 22.7 Å². The van der Waals surface area contributed by atoms with E-state index in [1.807, 2.05) is 85.8 Å². The van der Waals surface area contributed by atoms with Gasteiger partial charge in [-0.1, -0.05) is 47.7 Å². The molecule has 0 bridgehead atoms. The molecule has 0 saturated carbocycles. The third-order valence-corrected chi connectivity index (χ3v) is 5.88. The SMILES string of the molecule is Cc1cccc(OCCOc2cccc(/C=c3\sc4nc5ccccc5n4c3=O)c2)c1. The fraction of sp³-hybridized carbons (Fsp3) is 0.120. The van der Waals surface area contributed by atoms with Gasteiger partial charge in [0, 0.05) is 0 Å². The predicted molar refractivity (Wildman–Crippen MR) is 124 cm³/mol. The average Bonchev–Trinajstić information content (AvgIpc) is 3.28. The van der Waals surface area contributed by atoms with Crippen LogP contribution in [0.4, 0.5) is 0 Å². The molecule has 5 rings (SSSR count). The second-order valence-electron chi connectivity index (χ2n) is 7.22. The Morgan fingerprint density at radius 1 is 0.935 bits per heavy atom. The normalized spacial score (nSPS) is 12.0. The lowest BCUT2D eigenvalue weighted by Crippen LogP contribution is -2.22. The number of ether oxygens (including phenoxy) is 2. The van der Waals surface area contributed by atoms with Crippen molar-refractivity contribution >= 4 is 33.4 Å². The van der Waals surface area contributed by atoms with Gasteiger partial charge in [0.1, 0.15) is 24.7 Å². The molecule has 6 heteroatoms. The van der Waals surface area contributed by atoms with Gasteiger partial charge in [0.05, 0.1) is 15.6 Å². The molecule has 2 heterocycles. The van der Waals surface area contributed by atoms with Crippen LogP contribution in [0.3, 0.4) is 0 Å². The third kappa shape index (κ3) is 4.02. The maximum Gasteiger partial charge on any atom is 0.274 e. The van der Waals surface area contributed by atoms with Crippen LogP contribution >= 0.6 is 11.3 Å². The summed E-state index contributed by atoms with van der Waals surface area (Å²) in [6.45, 7) is 2.92. The highest BCUT2D eigenvalue weighted by Gasteiger charge is 2.10. The number of nitrogens with zero attached hydrogens (tertiary/aromatic N) is 2. The van der Waals surface area contributed by atoms with Crippen LogP contribution in [0.15, 0.2) is 77.6 Å². The van der Waals surface area contributed by atoms with Crippen molar-refractivity contribution in [1.29, 1.82) is 0 Å². The first-order valence-corrected chi connectivity index (χ1v) is 10.8. The van der Waals surface area contributed by atoms with Crippen LogP contribution in [-0.2, 0) is 0 Å². The van der Waals surface area contributed by atoms with Gasteiger partial charge in [-0.25, -0.2) is 9.38 Å². The van der Waals surface area contributed by atoms with Crippen molar-refractivity contribution < 1.29 is 9.47 Å². The predicted octanol–water partition coefficient (Wildman–Crippen LogP) is 4.22. The highest BCUT2D eigenvalue weighted by molar-refractivity contribution is 7.15. The molecule has 3 aromatic carbocycles. The lowest BCUT2D eigenvalue weighted by molar-refractivity contribution is 0.217. The molecule has 0 unspecified atom stereocenters. The molecule has 0 radical (unpaired) electrons. The molecule has 0 amide bonds. The van der Waals surface area contributed by atoms with E-state index in [1.54, 1.807) is 4.40 Å². The summed E-state index contributed by atoms with van der Waals surface area (Å²) in [5.74, 6) is 1.57. The first-order valence-electron chi connectivity index (χ1n) is 10.0. The van der Waals surface area contributed by atoms with Crippen LogP contribution in [0.2, 0.25) is 0 Å². The maximum atomic E-state index is 12.9. The summed E-state index contributed by atoms with van der Waals surface area (Å²) in [6, 6.07) is 23.3. The van der Waals surface area contributed by atoms with Crippen molar-refractivity contribution in [2.45, 2.75) is 6.92 Å². The molecule has 2 aromatic heterocycles. The molecule has 5 nitrogen and oxygen atoms in total. The Bertz CT molecular complexity index is 1490. The van der Waals surface area contributed by atoms with Crippen molar-refractivity contribution in [2.75, 3.05) is 13.2 Å². The van der Waals surface area contributed by atoms with Gasteiger partial charge in [-0.3, -0.25) is 4.79 Å². The van der Waals surface area contributed by atoms with E-state index in [2.05, 4.69) is 4.98 Å². The van der Waals surface area contributed by atoms with Crippen molar-refractivity contribution in [3.8, 4) is 11.5 Å². The zero-order chi connectivity index (χ0) is 21.2. The summed E-state index contributed by atoms with van der Waals surface area (Å²) < 4.78 is 13.9. The summed E-state index contributed by atoms with van der Waals surface area (Å²) in [7, 11) is 0. The molecule has 154 valence electrons. The van der Waals surface area contributed by atoms with Gasteiger partial charge in [0.15, 0.2) is 4.96 Å². The van der Waals surface area contributed by atoms with Crippen LogP contribution < -0.4 is 19.6 Å². The third-order valence-electron chi connectivity index (χ3n) is 4.91. The fourth-order valence-electron chi connectivity index (χ4n) is 3.48. The molecule has 0 fully saturated rings. The zero-order valence-corrected chi connectivity index (χ0v) is 17.8. The van der Waals surface area contributed by atoms with Crippen LogP contribution in [0.1, 0.15) is 11.1 Å². The smallest absolute Gasteiger partial charge is 0.274 e. The fourth-order valence-corrected chi connectivity index (χ4v) is 4.47. The summed E-state index contributed by atoms with van der Waals surface area (Å²) in [5, 5.41) is 0. The van der Waals surface area contributed by atoms with E-state index in [0.717, 1.165) is 33.7 Å². The van der Waals surface area contributed by atoms with Crippen molar-refractivity contribution in [3.63, 3.8) is 0 Å². The molecule has 0 saturated heterocycles. The standard InChI is InChI=1S/C25H20N2O3S/c1-17-6-4-8-19(14-17)29-12-13-30-20-9-5-7-18(15-20)16-23-24(28)27-22-11-3-2-10-21(22)26-25(27)31-23/h2-11,14-16H,12-13H2,1H3/b23-16-. The Hall–Kier alpha value is -3.64. The Balaban J connectivity index is 1.32. The minimum absolute atomic E-state index is 0.0495. The number of benzene rings is 3. The Morgan fingerprint density at radius 2 is 1.68 bits per heavy atom. The molecule has 0 aliphatic rings. The molecule has 31 heavy (non-hydrogen) atoms. The van der Waals surface area contributed by atoms with Crippen LogP contribution in [0.5, 0.6) is 11.5 Å². The zero-order valence-electron chi connectivity index (χ0n) is 16.9. The van der Waals surface area contributed by atoms with Crippen molar-refractivity contribution in [1.82, 2.24) is 9.38 Å². The number of thiazole rings is 1. The molecule has 5 aromatic rings. The summed E-state index contributed by atoms with van der Waals surface area (Å²) in [6.07, 6.45) is 1.88. The Labute approximate surface area is 182 Å². The summed E-state index contributed by atoms with van der Waals surface area (Å²) in [5.41, 5.74) is 3.69. The van der Waals surface area contributed by atoms with Gasteiger partial charge in [0.2, 0.25) is 0 Å². The summed E-state index contributed by atoms with van der Waals surface area (Å²) >= 11 is 1.39. The van der Waals surface area contributed by atoms with Crippen LogP contribution in [0, 0.1) is 6.92 Å². The first kappa shape index (κ1) is 19.3. The molecule has 0 N–H and O–H groups in total. The minimum Gasteiger partial charge on any atom is -0.490 e. The molecular formula is C25H20N2O3S. The van der Waals surface area contributed by atoms with E-state index in [-0.39, 0.29) is 5.56 Å². The number of hydrogen-bond acceptors (Lipinski definition) is 5.